The molecule has 16 heavy (non-hydrogen) atoms. The van der Waals surface area contributed by atoms with Crippen molar-refractivity contribution in [2.24, 2.45) is 11.7 Å². The summed E-state index contributed by atoms with van der Waals surface area (Å²) in [5.74, 6) is 0.841. The molecule has 1 fully saturated rings. The Hall–Kier alpha value is -0.0400. The van der Waals surface area contributed by atoms with Gasteiger partial charge in [-0.2, -0.15) is 0 Å². The lowest BCUT2D eigenvalue weighted by Crippen LogP contribution is -2.29. The van der Waals surface area contributed by atoms with Crippen LogP contribution in [0.15, 0.2) is 0 Å². The summed E-state index contributed by atoms with van der Waals surface area (Å²) in [4.78, 5) is 0. The van der Waals surface area contributed by atoms with Crippen LogP contribution in [0.1, 0.15) is 84.0 Å². The molecule has 1 saturated carbocycles. The smallest absolute Gasteiger partial charge is 0.00671 e. The van der Waals surface area contributed by atoms with Gasteiger partial charge in [0.2, 0.25) is 0 Å². The zero-order valence-electron chi connectivity index (χ0n) is 11.2. The Balaban J connectivity index is 2.05. The van der Waals surface area contributed by atoms with Crippen LogP contribution in [0.5, 0.6) is 0 Å². The van der Waals surface area contributed by atoms with Gasteiger partial charge < -0.3 is 5.73 Å². The summed E-state index contributed by atoms with van der Waals surface area (Å²) in [5, 5.41) is 0. The molecule has 1 atom stereocenters. The fourth-order valence-corrected chi connectivity index (χ4v) is 2.96. The summed E-state index contributed by atoms with van der Waals surface area (Å²) in [6, 6.07) is 0.500. The normalized spacial score (nSPS) is 20.6. The average Bonchev–Trinajstić information content (AvgIpc) is 2.57. The highest BCUT2D eigenvalue weighted by Gasteiger charge is 2.18. The molecule has 1 rings (SSSR count). The van der Waals surface area contributed by atoms with Crippen LogP contribution < -0.4 is 5.73 Å². The third-order valence-corrected chi connectivity index (χ3v) is 4.15. The van der Waals surface area contributed by atoms with Crippen molar-refractivity contribution in [3.05, 3.63) is 0 Å². The van der Waals surface area contributed by atoms with Gasteiger partial charge in [0.05, 0.1) is 0 Å². The Labute approximate surface area is 102 Å². The minimum absolute atomic E-state index is 0.500. The third kappa shape index (κ3) is 5.89. The maximum atomic E-state index is 6.33. The fraction of sp³-hybridized carbons (Fsp3) is 1.00. The Morgan fingerprint density at radius 1 is 0.938 bits per heavy atom. The van der Waals surface area contributed by atoms with E-state index in [2.05, 4.69) is 6.92 Å². The lowest BCUT2D eigenvalue weighted by atomic mass is 9.89. The molecule has 96 valence electrons. The zero-order valence-corrected chi connectivity index (χ0v) is 11.2. The van der Waals surface area contributed by atoms with Crippen LogP contribution in [0.4, 0.5) is 0 Å². The van der Waals surface area contributed by atoms with E-state index in [0.29, 0.717) is 6.04 Å². The van der Waals surface area contributed by atoms with Gasteiger partial charge in [0.15, 0.2) is 0 Å². The van der Waals surface area contributed by atoms with E-state index in [-0.39, 0.29) is 0 Å². The van der Waals surface area contributed by atoms with E-state index < -0.39 is 0 Å². The van der Waals surface area contributed by atoms with Gasteiger partial charge in [0.1, 0.15) is 0 Å². The predicted octanol–water partition coefficient (Wildman–Crippen LogP) is 4.64. The SMILES string of the molecule is CCCCCCCC(N)C1CCCCCC1. The lowest BCUT2D eigenvalue weighted by molar-refractivity contribution is 0.349. The van der Waals surface area contributed by atoms with E-state index in [1.54, 1.807) is 0 Å². The monoisotopic (exact) mass is 225 g/mol. The van der Waals surface area contributed by atoms with E-state index in [1.165, 1.54) is 77.0 Å². The fourth-order valence-electron chi connectivity index (χ4n) is 2.96. The average molecular weight is 225 g/mol. The maximum Gasteiger partial charge on any atom is 0.00671 e. The molecule has 0 aromatic heterocycles. The highest BCUT2D eigenvalue weighted by atomic mass is 14.6. The number of nitrogens with two attached hydrogens (primary N) is 1. The number of rotatable bonds is 7. The first kappa shape index (κ1) is 14.0. The van der Waals surface area contributed by atoms with Crippen molar-refractivity contribution in [2.75, 3.05) is 0 Å². The molecule has 2 N–H and O–H groups in total. The van der Waals surface area contributed by atoms with E-state index in [1.807, 2.05) is 0 Å². The van der Waals surface area contributed by atoms with Gasteiger partial charge in [0, 0.05) is 6.04 Å². The molecule has 0 spiro atoms. The molecular formula is C15H31N. The van der Waals surface area contributed by atoms with Gasteiger partial charge in [-0.25, -0.2) is 0 Å². The van der Waals surface area contributed by atoms with E-state index in [0.717, 1.165) is 5.92 Å². The molecule has 0 amide bonds. The molecule has 1 unspecified atom stereocenters. The largest absolute Gasteiger partial charge is 0.327 e. The Kier molecular flexibility index (Phi) is 7.92. The van der Waals surface area contributed by atoms with Crippen LogP contribution in [-0.4, -0.2) is 6.04 Å². The van der Waals surface area contributed by atoms with Crippen LogP contribution >= 0.6 is 0 Å². The summed E-state index contributed by atoms with van der Waals surface area (Å²) in [5.41, 5.74) is 6.33. The summed E-state index contributed by atoms with van der Waals surface area (Å²) in [6.45, 7) is 2.28. The quantitative estimate of drug-likeness (QED) is 0.495. The van der Waals surface area contributed by atoms with Crippen molar-refractivity contribution in [3.8, 4) is 0 Å². The maximum absolute atomic E-state index is 6.33. The number of unbranched alkanes of at least 4 members (excludes halogenated alkanes) is 4. The van der Waals surface area contributed by atoms with Gasteiger partial charge in [-0.1, -0.05) is 64.7 Å². The zero-order chi connectivity index (χ0) is 11.6. The van der Waals surface area contributed by atoms with Crippen molar-refractivity contribution in [1.29, 1.82) is 0 Å². The van der Waals surface area contributed by atoms with Crippen LogP contribution in [0.3, 0.4) is 0 Å². The third-order valence-electron chi connectivity index (χ3n) is 4.15. The molecule has 0 aromatic rings. The van der Waals surface area contributed by atoms with Crippen LogP contribution in [0.2, 0.25) is 0 Å². The van der Waals surface area contributed by atoms with Crippen molar-refractivity contribution >= 4 is 0 Å². The van der Waals surface area contributed by atoms with E-state index in [9.17, 15) is 0 Å². The molecule has 1 heteroatoms. The number of hydrogen-bond donors (Lipinski definition) is 1. The molecule has 1 aliphatic carbocycles. The summed E-state index contributed by atoms with van der Waals surface area (Å²) < 4.78 is 0. The Morgan fingerprint density at radius 3 is 2.19 bits per heavy atom. The molecule has 0 aliphatic heterocycles. The van der Waals surface area contributed by atoms with Crippen molar-refractivity contribution in [2.45, 2.75) is 90.0 Å². The van der Waals surface area contributed by atoms with E-state index >= 15 is 0 Å². The van der Waals surface area contributed by atoms with Gasteiger partial charge >= 0.3 is 0 Å². The number of hydrogen-bond acceptors (Lipinski definition) is 1. The topological polar surface area (TPSA) is 26.0 Å². The molecule has 0 radical (unpaired) electrons. The molecular weight excluding hydrogens is 194 g/mol. The van der Waals surface area contributed by atoms with Crippen molar-refractivity contribution < 1.29 is 0 Å². The van der Waals surface area contributed by atoms with Crippen LogP contribution in [0.25, 0.3) is 0 Å². The molecule has 1 aliphatic rings. The molecule has 1 nitrogen and oxygen atoms in total. The minimum Gasteiger partial charge on any atom is -0.327 e. The first-order valence-electron chi connectivity index (χ1n) is 7.60. The molecule has 0 heterocycles. The minimum atomic E-state index is 0.500. The molecule has 0 bridgehead atoms. The highest BCUT2D eigenvalue weighted by Crippen LogP contribution is 2.26. The summed E-state index contributed by atoms with van der Waals surface area (Å²) >= 11 is 0. The van der Waals surface area contributed by atoms with Crippen LogP contribution in [0, 0.1) is 5.92 Å². The van der Waals surface area contributed by atoms with E-state index in [4.69, 9.17) is 5.73 Å². The molecule has 0 saturated heterocycles. The van der Waals surface area contributed by atoms with Gasteiger partial charge in [-0.3, -0.25) is 0 Å². The van der Waals surface area contributed by atoms with Gasteiger partial charge in [0.25, 0.3) is 0 Å². The predicted molar refractivity (Wildman–Crippen MR) is 72.5 cm³/mol. The second-order valence-electron chi connectivity index (χ2n) is 5.62. The summed E-state index contributed by atoms with van der Waals surface area (Å²) in [7, 11) is 0. The first-order chi connectivity index (χ1) is 7.84. The van der Waals surface area contributed by atoms with Crippen LogP contribution in [-0.2, 0) is 0 Å². The second kappa shape index (κ2) is 9.04. The van der Waals surface area contributed by atoms with Gasteiger partial charge in [-0.05, 0) is 25.2 Å². The second-order valence-corrected chi connectivity index (χ2v) is 5.62. The standard InChI is InChI=1S/C15H31N/c1-2-3-4-5-10-13-15(16)14-11-8-6-7-9-12-14/h14-15H,2-13,16H2,1H3. The van der Waals surface area contributed by atoms with Gasteiger partial charge in [-0.15, -0.1) is 0 Å². The summed E-state index contributed by atoms with van der Waals surface area (Å²) in [6.07, 6.45) is 16.7. The van der Waals surface area contributed by atoms with Crippen molar-refractivity contribution in [3.63, 3.8) is 0 Å². The molecule has 0 aromatic carbocycles. The Bertz CT molecular complexity index is 148. The lowest BCUT2D eigenvalue weighted by Gasteiger charge is -2.22. The Morgan fingerprint density at radius 2 is 1.56 bits per heavy atom. The first-order valence-corrected chi connectivity index (χ1v) is 7.60. The van der Waals surface area contributed by atoms with Crippen molar-refractivity contribution in [1.82, 2.24) is 0 Å². The highest BCUT2D eigenvalue weighted by molar-refractivity contribution is 4.75.